The van der Waals surface area contributed by atoms with E-state index in [-0.39, 0.29) is 43.3 Å². The van der Waals surface area contributed by atoms with Gasteiger partial charge in [0, 0.05) is 30.9 Å². The van der Waals surface area contributed by atoms with E-state index in [2.05, 4.69) is 20.2 Å². The molecule has 0 N–H and O–H groups in total. The van der Waals surface area contributed by atoms with Crippen LogP contribution in [0.3, 0.4) is 0 Å². The molecule has 1 spiro atoms. The summed E-state index contributed by atoms with van der Waals surface area (Å²) >= 11 is 0. The highest BCUT2D eigenvalue weighted by Gasteiger charge is 2.62. The average molecular weight is 389 g/mol. The van der Waals surface area contributed by atoms with E-state index in [0.717, 1.165) is 5.69 Å². The topological polar surface area (TPSA) is 115 Å². The van der Waals surface area contributed by atoms with Crippen molar-refractivity contribution in [3.05, 3.63) is 42.0 Å². The number of likely N-dealkylation sites (tertiary alicyclic amines) is 1. The molecule has 0 saturated carbocycles. The molecule has 142 valence electrons. The number of amides is 1. The van der Waals surface area contributed by atoms with Crippen LogP contribution < -0.4 is 4.74 Å². The number of carbonyl (C=O) groups excluding carboxylic acids is 1. The molecule has 0 radical (unpaired) electrons. The second-order valence-corrected chi connectivity index (χ2v) is 9.40. The maximum atomic E-state index is 12.7. The van der Waals surface area contributed by atoms with E-state index in [4.69, 9.17) is 4.74 Å². The molecule has 2 aliphatic rings. The highest BCUT2D eigenvalue weighted by molar-refractivity contribution is 7.93. The van der Waals surface area contributed by atoms with Crippen molar-refractivity contribution in [1.82, 2.24) is 25.1 Å². The Hall–Kier alpha value is -2.62. The van der Waals surface area contributed by atoms with Gasteiger partial charge in [-0.2, -0.15) is 10.2 Å². The Kier molecular flexibility index (Phi) is 4.29. The lowest BCUT2D eigenvalue weighted by molar-refractivity contribution is 0.0403. The number of carbonyl (C=O) groups is 1. The Labute approximate surface area is 156 Å². The second-order valence-electron chi connectivity index (χ2n) is 6.95. The number of nitrogens with zero attached hydrogens (tertiary/aromatic N) is 5. The SMILES string of the molecule is Cc1ccnc(OC[C@@H]2CCS(=O)(=O)C23CN(C(=O)c2ccnnc2)C3)n1. The molecule has 1 amide bonds. The lowest BCUT2D eigenvalue weighted by atomic mass is 9.83. The molecule has 4 rings (SSSR count). The lowest BCUT2D eigenvalue weighted by Crippen LogP contribution is -2.68. The van der Waals surface area contributed by atoms with Crippen molar-refractivity contribution in [3.8, 4) is 6.01 Å². The molecule has 1 atom stereocenters. The van der Waals surface area contributed by atoms with Gasteiger partial charge in [-0.25, -0.2) is 18.4 Å². The summed E-state index contributed by atoms with van der Waals surface area (Å²) in [5, 5.41) is 7.35. The minimum Gasteiger partial charge on any atom is -0.463 e. The maximum Gasteiger partial charge on any atom is 0.316 e. The van der Waals surface area contributed by atoms with Gasteiger partial charge in [0.15, 0.2) is 9.84 Å². The molecule has 27 heavy (non-hydrogen) atoms. The fraction of sp³-hybridized carbons (Fsp3) is 0.471. The molecule has 0 unspecified atom stereocenters. The molecule has 4 heterocycles. The van der Waals surface area contributed by atoms with Crippen LogP contribution in [0.25, 0.3) is 0 Å². The Morgan fingerprint density at radius 3 is 2.81 bits per heavy atom. The molecule has 2 fully saturated rings. The molecule has 2 aromatic rings. The minimum absolute atomic E-state index is 0.106. The molecule has 9 nitrogen and oxygen atoms in total. The second kappa shape index (κ2) is 6.52. The van der Waals surface area contributed by atoms with Gasteiger partial charge in [-0.05, 0) is 25.5 Å². The van der Waals surface area contributed by atoms with E-state index in [1.165, 1.54) is 17.3 Å². The Morgan fingerprint density at radius 2 is 2.11 bits per heavy atom. The monoisotopic (exact) mass is 389 g/mol. The predicted octanol–water partition coefficient (Wildman–Crippen LogP) is 0.283. The highest BCUT2D eigenvalue weighted by atomic mass is 32.2. The molecular weight excluding hydrogens is 370 g/mol. The average Bonchev–Trinajstić information content (AvgIpc) is 2.89. The van der Waals surface area contributed by atoms with Crippen LogP contribution in [0.15, 0.2) is 30.7 Å². The van der Waals surface area contributed by atoms with Gasteiger partial charge in [-0.1, -0.05) is 0 Å². The van der Waals surface area contributed by atoms with Crippen molar-refractivity contribution in [2.24, 2.45) is 5.92 Å². The minimum atomic E-state index is -3.30. The van der Waals surface area contributed by atoms with Crippen molar-refractivity contribution in [1.29, 1.82) is 0 Å². The summed E-state index contributed by atoms with van der Waals surface area (Å²) in [6.45, 7) is 2.37. The van der Waals surface area contributed by atoms with Gasteiger partial charge >= 0.3 is 6.01 Å². The van der Waals surface area contributed by atoms with Gasteiger partial charge in [0.25, 0.3) is 5.91 Å². The predicted molar refractivity (Wildman–Crippen MR) is 94.8 cm³/mol. The molecule has 2 aromatic heterocycles. The molecule has 2 aliphatic heterocycles. The number of hydrogen-bond acceptors (Lipinski definition) is 8. The Morgan fingerprint density at radius 1 is 1.30 bits per heavy atom. The van der Waals surface area contributed by atoms with Crippen LogP contribution in [0.5, 0.6) is 6.01 Å². The van der Waals surface area contributed by atoms with Gasteiger partial charge in [-0.3, -0.25) is 4.79 Å². The van der Waals surface area contributed by atoms with Crippen molar-refractivity contribution in [3.63, 3.8) is 0 Å². The molecular formula is C17H19N5O4S. The summed E-state index contributed by atoms with van der Waals surface area (Å²) in [6, 6.07) is 3.57. The highest BCUT2D eigenvalue weighted by Crippen LogP contribution is 2.45. The zero-order chi connectivity index (χ0) is 19.1. The van der Waals surface area contributed by atoms with Crippen LogP contribution in [0.2, 0.25) is 0 Å². The van der Waals surface area contributed by atoms with E-state index >= 15 is 0 Å². The van der Waals surface area contributed by atoms with E-state index in [0.29, 0.717) is 12.0 Å². The molecule has 2 saturated heterocycles. The van der Waals surface area contributed by atoms with Gasteiger partial charge in [0.05, 0.1) is 30.3 Å². The maximum absolute atomic E-state index is 12.7. The van der Waals surface area contributed by atoms with Crippen molar-refractivity contribution in [2.75, 3.05) is 25.4 Å². The third-order valence-electron chi connectivity index (χ3n) is 5.32. The first-order valence-corrected chi connectivity index (χ1v) is 10.3. The first kappa shape index (κ1) is 17.8. The lowest BCUT2D eigenvalue weighted by Gasteiger charge is -2.49. The fourth-order valence-corrected chi connectivity index (χ4v) is 6.12. The zero-order valence-electron chi connectivity index (χ0n) is 14.8. The van der Waals surface area contributed by atoms with Gasteiger partial charge in [-0.15, -0.1) is 0 Å². The van der Waals surface area contributed by atoms with Crippen LogP contribution >= 0.6 is 0 Å². The molecule has 0 aromatic carbocycles. The largest absolute Gasteiger partial charge is 0.463 e. The molecule has 0 aliphatic carbocycles. The van der Waals surface area contributed by atoms with Crippen LogP contribution in [-0.2, 0) is 9.84 Å². The summed E-state index contributed by atoms with van der Waals surface area (Å²) in [6.07, 6.45) is 4.93. The van der Waals surface area contributed by atoms with E-state index in [1.54, 1.807) is 18.3 Å². The van der Waals surface area contributed by atoms with E-state index in [9.17, 15) is 13.2 Å². The van der Waals surface area contributed by atoms with E-state index < -0.39 is 14.6 Å². The molecule has 0 bridgehead atoms. The van der Waals surface area contributed by atoms with Gasteiger partial charge < -0.3 is 9.64 Å². The first-order chi connectivity index (χ1) is 12.9. The van der Waals surface area contributed by atoms with Crippen molar-refractivity contribution >= 4 is 15.7 Å². The third-order valence-corrected chi connectivity index (χ3v) is 7.92. The normalized spacial score (nSPS) is 22.4. The number of aromatic nitrogens is 4. The smallest absolute Gasteiger partial charge is 0.316 e. The van der Waals surface area contributed by atoms with Crippen LogP contribution in [-0.4, -0.2) is 69.6 Å². The van der Waals surface area contributed by atoms with Crippen LogP contribution in [0, 0.1) is 12.8 Å². The quantitative estimate of drug-likeness (QED) is 0.732. The first-order valence-electron chi connectivity index (χ1n) is 8.62. The standard InChI is InChI=1S/C17H19N5O4S/c1-12-2-5-18-16(21-12)26-9-14-4-7-27(24,25)17(14)10-22(11-17)15(23)13-3-6-19-20-8-13/h2-3,5-6,8,14H,4,7,9-11H2,1H3/t14-/m0/s1. The van der Waals surface area contributed by atoms with Crippen LogP contribution in [0.1, 0.15) is 22.5 Å². The van der Waals surface area contributed by atoms with E-state index in [1.807, 2.05) is 6.92 Å². The van der Waals surface area contributed by atoms with Gasteiger partial charge in [0.2, 0.25) is 0 Å². The summed E-state index contributed by atoms with van der Waals surface area (Å²) in [4.78, 5) is 22.3. The number of sulfone groups is 1. The van der Waals surface area contributed by atoms with Gasteiger partial charge in [0.1, 0.15) is 4.75 Å². The molecule has 10 heteroatoms. The summed E-state index contributed by atoms with van der Waals surface area (Å²) in [7, 11) is -3.30. The zero-order valence-corrected chi connectivity index (χ0v) is 15.6. The number of rotatable bonds is 4. The summed E-state index contributed by atoms with van der Waals surface area (Å²) in [5.41, 5.74) is 1.18. The Bertz CT molecular complexity index is 960. The number of ether oxygens (including phenoxy) is 1. The van der Waals surface area contributed by atoms with Crippen LogP contribution in [0.4, 0.5) is 0 Å². The number of hydrogen-bond donors (Lipinski definition) is 0. The summed E-state index contributed by atoms with van der Waals surface area (Å²) in [5.74, 6) is -0.334. The van der Waals surface area contributed by atoms with Crippen molar-refractivity contribution < 1.29 is 17.9 Å². The number of aryl methyl sites for hydroxylation is 1. The summed E-state index contributed by atoms with van der Waals surface area (Å²) < 4.78 is 30.1. The van der Waals surface area contributed by atoms with Crippen molar-refractivity contribution in [2.45, 2.75) is 18.1 Å². The fourth-order valence-electron chi connectivity index (χ4n) is 3.72. The Balaban J connectivity index is 1.47. The third kappa shape index (κ3) is 3.03.